The predicted molar refractivity (Wildman–Crippen MR) is 182 cm³/mol. The van der Waals surface area contributed by atoms with Crippen molar-refractivity contribution in [2.75, 3.05) is 45.4 Å². The summed E-state index contributed by atoms with van der Waals surface area (Å²) in [7, 11) is 3.47. The van der Waals surface area contributed by atoms with Crippen LogP contribution < -0.4 is 19.1 Å². The molecular formula is C40H39NO4. The molecule has 0 N–H and O–H groups in total. The van der Waals surface area contributed by atoms with Crippen molar-refractivity contribution in [3.8, 4) is 28.4 Å². The summed E-state index contributed by atoms with van der Waals surface area (Å²) in [6.07, 6.45) is 13.1. The van der Waals surface area contributed by atoms with E-state index in [1.807, 2.05) is 12.1 Å². The van der Waals surface area contributed by atoms with Crippen molar-refractivity contribution in [3.63, 3.8) is 0 Å². The van der Waals surface area contributed by atoms with Crippen molar-refractivity contribution in [1.29, 1.82) is 0 Å². The van der Waals surface area contributed by atoms with E-state index in [0.29, 0.717) is 13.2 Å². The van der Waals surface area contributed by atoms with Crippen LogP contribution in [0.1, 0.15) is 48.9 Å². The van der Waals surface area contributed by atoms with Gasteiger partial charge in [0.15, 0.2) is 5.60 Å². The van der Waals surface area contributed by atoms with Gasteiger partial charge >= 0.3 is 0 Å². The predicted octanol–water partition coefficient (Wildman–Crippen LogP) is 8.58. The number of anilines is 1. The average molecular weight is 598 g/mol. The molecule has 1 fully saturated rings. The summed E-state index contributed by atoms with van der Waals surface area (Å²) in [5.74, 6) is 2.59. The number of allylic oxidation sites excluding steroid dienone is 3. The van der Waals surface area contributed by atoms with Crippen LogP contribution in [0, 0.1) is 0 Å². The van der Waals surface area contributed by atoms with Crippen LogP contribution in [0.5, 0.6) is 17.2 Å². The Bertz CT molecular complexity index is 1910. The van der Waals surface area contributed by atoms with Crippen LogP contribution >= 0.6 is 0 Å². The third-order valence-electron chi connectivity index (χ3n) is 10.2. The van der Waals surface area contributed by atoms with Gasteiger partial charge in [0.05, 0.1) is 33.1 Å². The number of rotatable bonds is 5. The van der Waals surface area contributed by atoms with Gasteiger partial charge in [0.2, 0.25) is 0 Å². The first kappa shape index (κ1) is 28.0. The molecule has 5 heteroatoms. The first-order valence-corrected chi connectivity index (χ1v) is 16.0. The fourth-order valence-corrected chi connectivity index (χ4v) is 7.94. The van der Waals surface area contributed by atoms with Crippen LogP contribution in [0.4, 0.5) is 5.69 Å². The molecular weight excluding hydrogens is 558 g/mol. The molecule has 4 aromatic carbocycles. The highest BCUT2D eigenvalue weighted by Gasteiger charge is 2.45. The summed E-state index contributed by atoms with van der Waals surface area (Å²) in [4.78, 5) is 2.39. The highest BCUT2D eigenvalue weighted by Crippen LogP contribution is 2.59. The summed E-state index contributed by atoms with van der Waals surface area (Å²) < 4.78 is 24.9. The number of morpholine rings is 1. The Balaban J connectivity index is 1.44. The lowest BCUT2D eigenvalue weighted by Crippen LogP contribution is -2.36. The normalized spacial score (nSPS) is 21.1. The number of benzene rings is 4. The van der Waals surface area contributed by atoms with Gasteiger partial charge in [-0.2, -0.15) is 0 Å². The fraction of sp³-hybridized carbons (Fsp3) is 0.300. The number of nitrogens with zero attached hydrogens (tertiary/aromatic N) is 1. The van der Waals surface area contributed by atoms with Gasteiger partial charge in [-0.05, 0) is 76.4 Å². The standard InChI is InChI=1S/C40H39NO4/c1-39(2)33-13-9-8-12-29(33)36-31-24-34(41-20-22-44-23-21-41)35(43-4)25-32(31)38-30(37(36)39)18-19-40(45-38,26-10-6-5-7-11-26)27-14-16-28(42-3)17-15-27/h5-6,8-10,12-19,24-25H,7,11,20-23H2,1-4H3. The molecule has 4 aromatic rings. The smallest absolute Gasteiger partial charge is 0.174 e. The highest BCUT2D eigenvalue weighted by atomic mass is 16.5. The molecule has 0 aromatic heterocycles. The quantitative estimate of drug-likeness (QED) is 0.231. The minimum Gasteiger partial charge on any atom is -0.497 e. The van der Waals surface area contributed by atoms with E-state index < -0.39 is 5.60 Å². The molecule has 0 radical (unpaired) electrons. The molecule has 0 saturated carbocycles. The molecule has 1 unspecified atom stereocenters. The van der Waals surface area contributed by atoms with Crippen molar-refractivity contribution < 1.29 is 18.9 Å². The lowest BCUT2D eigenvalue weighted by molar-refractivity contribution is 0.122. The molecule has 0 spiro atoms. The Morgan fingerprint density at radius 2 is 1.69 bits per heavy atom. The van der Waals surface area contributed by atoms with Crippen molar-refractivity contribution in [3.05, 3.63) is 113 Å². The Hall–Kier alpha value is -4.48. The fourth-order valence-electron chi connectivity index (χ4n) is 7.94. The van der Waals surface area contributed by atoms with E-state index in [1.165, 1.54) is 33.2 Å². The van der Waals surface area contributed by atoms with E-state index in [2.05, 4.69) is 97.7 Å². The molecule has 4 aliphatic rings. The summed E-state index contributed by atoms with van der Waals surface area (Å²) in [5.41, 5.74) is 8.88. The van der Waals surface area contributed by atoms with Gasteiger partial charge in [-0.1, -0.05) is 74.5 Å². The van der Waals surface area contributed by atoms with E-state index >= 15 is 0 Å². The Labute approximate surface area is 265 Å². The van der Waals surface area contributed by atoms with Crippen molar-refractivity contribution >= 4 is 22.5 Å². The molecule has 1 saturated heterocycles. The van der Waals surface area contributed by atoms with Gasteiger partial charge in [-0.25, -0.2) is 0 Å². The third-order valence-corrected chi connectivity index (χ3v) is 10.2. The van der Waals surface area contributed by atoms with Gasteiger partial charge in [0.25, 0.3) is 0 Å². The number of ether oxygens (including phenoxy) is 4. The molecule has 2 aliphatic heterocycles. The van der Waals surface area contributed by atoms with Crippen LogP contribution in [0.15, 0.2) is 90.5 Å². The summed E-state index contributed by atoms with van der Waals surface area (Å²) in [6, 6.07) is 21.8. The van der Waals surface area contributed by atoms with Gasteiger partial charge in [-0.3, -0.25) is 0 Å². The van der Waals surface area contributed by atoms with Crippen LogP contribution in [0.25, 0.3) is 28.0 Å². The van der Waals surface area contributed by atoms with Crippen LogP contribution in [0.3, 0.4) is 0 Å². The maximum Gasteiger partial charge on any atom is 0.174 e. The monoisotopic (exact) mass is 597 g/mol. The molecule has 2 aliphatic carbocycles. The molecule has 228 valence electrons. The van der Waals surface area contributed by atoms with E-state index in [0.717, 1.165) is 65.4 Å². The molecule has 8 rings (SSSR count). The molecule has 0 amide bonds. The van der Waals surface area contributed by atoms with Gasteiger partial charge < -0.3 is 23.8 Å². The number of hydrogen-bond acceptors (Lipinski definition) is 5. The van der Waals surface area contributed by atoms with Gasteiger partial charge in [0.1, 0.15) is 17.2 Å². The topological polar surface area (TPSA) is 40.2 Å². The van der Waals surface area contributed by atoms with E-state index in [9.17, 15) is 0 Å². The number of hydrogen-bond donors (Lipinski definition) is 0. The third kappa shape index (κ3) is 4.17. The molecule has 1 atom stereocenters. The van der Waals surface area contributed by atoms with E-state index in [4.69, 9.17) is 18.9 Å². The Morgan fingerprint density at radius 1 is 0.889 bits per heavy atom. The SMILES string of the molecule is COc1ccc(C2(C3=CC=CCC3)C=Cc3c4c(c5cc(N6CCOCC6)c(OC)cc5c3O2)-c2ccccc2C4(C)C)cc1. The van der Waals surface area contributed by atoms with Crippen molar-refractivity contribution in [1.82, 2.24) is 0 Å². The number of methoxy groups -OCH3 is 2. The Morgan fingerprint density at radius 3 is 2.42 bits per heavy atom. The van der Waals surface area contributed by atoms with E-state index in [-0.39, 0.29) is 5.41 Å². The zero-order valence-corrected chi connectivity index (χ0v) is 26.5. The van der Waals surface area contributed by atoms with Gasteiger partial charge in [0, 0.05) is 35.0 Å². The number of fused-ring (bicyclic) bond motifs is 8. The zero-order chi connectivity index (χ0) is 30.8. The summed E-state index contributed by atoms with van der Waals surface area (Å²) >= 11 is 0. The summed E-state index contributed by atoms with van der Waals surface area (Å²) in [6.45, 7) is 7.78. The lowest BCUT2D eigenvalue weighted by atomic mass is 9.75. The molecule has 45 heavy (non-hydrogen) atoms. The minimum absolute atomic E-state index is 0.204. The van der Waals surface area contributed by atoms with E-state index in [1.54, 1.807) is 14.2 Å². The minimum atomic E-state index is -0.753. The van der Waals surface area contributed by atoms with Gasteiger partial charge in [-0.15, -0.1) is 0 Å². The van der Waals surface area contributed by atoms with Crippen molar-refractivity contribution in [2.24, 2.45) is 0 Å². The van der Waals surface area contributed by atoms with Crippen LogP contribution in [-0.4, -0.2) is 40.5 Å². The zero-order valence-electron chi connectivity index (χ0n) is 26.5. The highest BCUT2D eigenvalue weighted by molar-refractivity contribution is 6.10. The second-order valence-electron chi connectivity index (χ2n) is 12.9. The second-order valence-corrected chi connectivity index (χ2v) is 12.9. The summed E-state index contributed by atoms with van der Waals surface area (Å²) in [5, 5.41) is 2.26. The largest absolute Gasteiger partial charge is 0.497 e. The maximum absolute atomic E-state index is 7.52. The van der Waals surface area contributed by atoms with Crippen LogP contribution in [0.2, 0.25) is 0 Å². The Kier molecular flexibility index (Phi) is 6.58. The second kappa shape index (κ2) is 10.6. The first-order chi connectivity index (χ1) is 22.0. The lowest BCUT2D eigenvalue weighted by Gasteiger charge is -2.40. The average Bonchev–Trinajstić information content (AvgIpc) is 3.35. The molecule has 0 bridgehead atoms. The van der Waals surface area contributed by atoms with Crippen molar-refractivity contribution in [2.45, 2.75) is 37.7 Å². The van der Waals surface area contributed by atoms with Crippen LogP contribution in [-0.2, 0) is 15.8 Å². The molecule has 5 nitrogen and oxygen atoms in total. The molecule has 2 heterocycles. The first-order valence-electron chi connectivity index (χ1n) is 16.0. The maximum atomic E-state index is 7.52.